The lowest BCUT2D eigenvalue weighted by molar-refractivity contribution is 0.0946. The Bertz CT molecular complexity index is 1060. The summed E-state index contributed by atoms with van der Waals surface area (Å²) >= 11 is 0. The van der Waals surface area contributed by atoms with E-state index in [1.807, 2.05) is 35.0 Å². The van der Waals surface area contributed by atoms with Crippen LogP contribution in [-0.2, 0) is 6.42 Å². The van der Waals surface area contributed by atoms with Crippen molar-refractivity contribution in [3.63, 3.8) is 0 Å². The second-order valence-electron chi connectivity index (χ2n) is 6.37. The number of aromatic nitrogens is 2. The van der Waals surface area contributed by atoms with Crippen LogP contribution in [0.2, 0.25) is 0 Å². The van der Waals surface area contributed by atoms with E-state index in [0.29, 0.717) is 35.2 Å². The van der Waals surface area contributed by atoms with Crippen LogP contribution >= 0.6 is 0 Å². The maximum absolute atomic E-state index is 12.2. The first-order valence-electron chi connectivity index (χ1n) is 8.67. The fraction of sp³-hybridized carbons (Fsp3) is 0.200. The Morgan fingerprint density at radius 2 is 2.00 bits per heavy atom. The number of ether oxygens (including phenoxy) is 3. The molecule has 3 aromatic rings. The van der Waals surface area contributed by atoms with Gasteiger partial charge < -0.3 is 19.5 Å². The van der Waals surface area contributed by atoms with Crippen LogP contribution in [0, 0.1) is 0 Å². The maximum atomic E-state index is 12.2. The number of rotatable bonds is 3. The van der Waals surface area contributed by atoms with E-state index in [0.717, 1.165) is 23.2 Å². The third kappa shape index (κ3) is 2.51. The Kier molecular flexibility index (Phi) is 3.53. The van der Waals surface area contributed by atoms with Gasteiger partial charge in [-0.15, -0.1) is 0 Å². The number of nitrogens with one attached hydrogen (secondary N) is 1. The van der Waals surface area contributed by atoms with E-state index in [1.165, 1.54) is 0 Å². The lowest BCUT2D eigenvalue weighted by Gasteiger charge is -2.18. The molecular weight excluding hydrogens is 346 g/mol. The SMILES string of the molecule is COc1cc2c(cc1-c1nccn1-c1ccc3c(c1)C(=O)NCC3)OCO2. The van der Waals surface area contributed by atoms with Gasteiger partial charge in [0.25, 0.3) is 5.91 Å². The zero-order valence-corrected chi connectivity index (χ0v) is 14.7. The van der Waals surface area contributed by atoms with Crippen molar-refractivity contribution in [3.8, 4) is 34.3 Å². The van der Waals surface area contributed by atoms with Crippen molar-refractivity contribution >= 4 is 5.91 Å². The smallest absolute Gasteiger partial charge is 0.251 e. The first-order valence-corrected chi connectivity index (χ1v) is 8.67. The molecule has 0 spiro atoms. The molecule has 0 saturated heterocycles. The zero-order valence-electron chi connectivity index (χ0n) is 14.7. The van der Waals surface area contributed by atoms with E-state index in [1.54, 1.807) is 19.4 Å². The van der Waals surface area contributed by atoms with Crippen molar-refractivity contribution in [3.05, 3.63) is 53.9 Å². The molecule has 0 radical (unpaired) electrons. The summed E-state index contributed by atoms with van der Waals surface area (Å²) in [5.41, 5.74) is 3.41. The Hall–Kier alpha value is -3.48. The normalized spacial score (nSPS) is 14.6. The van der Waals surface area contributed by atoms with E-state index in [-0.39, 0.29) is 12.7 Å². The van der Waals surface area contributed by atoms with Crippen molar-refractivity contribution in [1.29, 1.82) is 0 Å². The highest BCUT2D eigenvalue weighted by Crippen LogP contribution is 2.42. The summed E-state index contributed by atoms with van der Waals surface area (Å²) in [5.74, 6) is 2.61. The van der Waals surface area contributed by atoms with Gasteiger partial charge in [0, 0.05) is 36.3 Å². The van der Waals surface area contributed by atoms with Gasteiger partial charge in [0.2, 0.25) is 6.79 Å². The van der Waals surface area contributed by atoms with Crippen LogP contribution in [0.4, 0.5) is 0 Å². The zero-order chi connectivity index (χ0) is 18.4. The van der Waals surface area contributed by atoms with Gasteiger partial charge in [-0.1, -0.05) is 6.07 Å². The minimum Gasteiger partial charge on any atom is -0.496 e. The molecule has 5 rings (SSSR count). The van der Waals surface area contributed by atoms with Crippen LogP contribution in [-0.4, -0.2) is 35.9 Å². The van der Waals surface area contributed by atoms with Crippen molar-refractivity contribution in [2.45, 2.75) is 6.42 Å². The number of benzene rings is 2. The van der Waals surface area contributed by atoms with E-state index in [4.69, 9.17) is 14.2 Å². The van der Waals surface area contributed by atoms with Gasteiger partial charge in [0.1, 0.15) is 11.6 Å². The maximum Gasteiger partial charge on any atom is 0.251 e. The molecule has 1 aromatic heterocycles. The average molecular weight is 363 g/mol. The van der Waals surface area contributed by atoms with Crippen molar-refractivity contribution in [1.82, 2.24) is 14.9 Å². The Labute approximate surface area is 155 Å². The molecule has 2 aliphatic heterocycles. The van der Waals surface area contributed by atoms with Crippen molar-refractivity contribution < 1.29 is 19.0 Å². The molecule has 2 aliphatic rings. The van der Waals surface area contributed by atoms with Crippen LogP contribution in [0.25, 0.3) is 17.1 Å². The molecule has 1 N–H and O–H groups in total. The topological polar surface area (TPSA) is 74.6 Å². The molecular formula is C20H17N3O4. The van der Waals surface area contributed by atoms with Gasteiger partial charge in [-0.3, -0.25) is 9.36 Å². The minimum atomic E-state index is -0.0413. The third-order valence-corrected chi connectivity index (χ3v) is 4.87. The van der Waals surface area contributed by atoms with Crippen LogP contribution in [0.1, 0.15) is 15.9 Å². The lowest BCUT2D eigenvalue weighted by atomic mass is 9.99. The second kappa shape index (κ2) is 6.05. The van der Waals surface area contributed by atoms with E-state index in [9.17, 15) is 4.79 Å². The van der Waals surface area contributed by atoms with Crippen LogP contribution < -0.4 is 19.5 Å². The van der Waals surface area contributed by atoms with E-state index < -0.39 is 0 Å². The summed E-state index contributed by atoms with van der Waals surface area (Å²) in [6.07, 6.45) is 4.43. The average Bonchev–Trinajstić information content (AvgIpc) is 3.35. The number of carbonyl (C=O) groups excluding carboxylic acids is 1. The number of fused-ring (bicyclic) bond motifs is 2. The lowest BCUT2D eigenvalue weighted by Crippen LogP contribution is -2.31. The standard InChI is InChI=1S/C20H17N3O4/c1-25-16-10-18-17(26-11-27-18)9-15(16)19-21-6-7-23(19)13-3-2-12-4-5-22-20(24)14(12)8-13/h2-3,6-10H,4-5,11H2,1H3,(H,22,24). The summed E-state index contributed by atoms with van der Waals surface area (Å²) in [5, 5.41) is 2.89. The van der Waals surface area contributed by atoms with Crippen molar-refractivity contribution in [2.24, 2.45) is 0 Å². The van der Waals surface area contributed by atoms with Gasteiger partial charge >= 0.3 is 0 Å². The van der Waals surface area contributed by atoms with Gasteiger partial charge in [-0.2, -0.15) is 0 Å². The van der Waals surface area contributed by atoms with Crippen LogP contribution in [0.3, 0.4) is 0 Å². The molecule has 0 unspecified atom stereocenters. The molecule has 7 nitrogen and oxygen atoms in total. The number of methoxy groups -OCH3 is 1. The second-order valence-corrected chi connectivity index (χ2v) is 6.37. The minimum absolute atomic E-state index is 0.0413. The summed E-state index contributed by atoms with van der Waals surface area (Å²) in [6.45, 7) is 0.867. The van der Waals surface area contributed by atoms with E-state index >= 15 is 0 Å². The highest BCUT2D eigenvalue weighted by molar-refractivity contribution is 5.97. The molecule has 0 aliphatic carbocycles. The molecule has 0 saturated carbocycles. The molecule has 136 valence electrons. The van der Waals surface area contributed by atoms with Gasteiger partial charge in [0.05, 0.1) is 12.7 Å². The third-order valence-electron chi connectivity index (χ3n) is 4.87. The van der Waals surface area contributed by atoms with E-state index in [2.05, 4.69) is 10.3 Å². The molecule has 7 heteroatoms. The molecule has 27 heavy (non-hydrogen) atoms. The predicted molar refractivity (Wildman–Crippen MR) is 97.7 cm³/mol. The highest BCUT2D eigenvalue weighted by atomic mass is 16.7. The fourth-order valence-electron chi connectivity index (χ4n) is 3.53. The Balaban J connectivity index is 1.64. The number of hydrogen-bond donors (Lipinski definition) is 1. The Morgan fingerprint density at radius 1 is 1.15 bits per heavy atom. The highest BCUT2D eigenvalue weighted by Gasteiger charge is 2.22. The molecule has 0 atom stereocenters. The summed E-state index contributed by atoms with van der Waals surface area (Å²) in [4.78, 5) is 16.7. The number of hydrogen-bond acceptors (Lipinski definition) is 5. The van der Waals surface area contributed by atoms with Gasteiger partial charge in [-0.05, 0) is 30.2 Å². The number of amides is 1. The first-order chi connectivity index (χ1) is 13.2. The largest absolute Gasteiger partial charge is 0.496 e. The monoisotopic (exact) mass is 363 g/mol. The van der Waals surface area contributed by atoms with Gasteiger partial charge in [0.15, 0.2) is 11.5 Å². The quantitative estimate of drug-likeness (QED) is 0.774. The molecule has 3 heterocycles. The molecule has 0 bridgehead atoms. The van der Waals surface area contributed by atoms with Crippen molar-refractivity contribution in [2.75, 3.05) is 20.4 Å². The number of carbonyl (C=O) groups is 1. The van der Waals surface area contributed by atoms with Gasteiger partial charge in [-0.25, -0.2) is 4.98 Å². The summed E-state index contributed by atoms with van der Waals surface area (Å²) < 4.78 is 18.4. The molecule has 0 fully saturated rings. The fourth-order valence-corrected chi connectivity index (χ4v) is 3.53. The Morgan fingerprint density at radius 3 is 2.85 bits per heavy atom. The molecule has 2 aromatic carbocycles. The van der Waals surface area contributed by atoms with Crippen LogP contribution in [0.15, 0.2) is 42.7 Å². The van der Waals surface area contributed by atoms with Crippen LogP contribution in [0.5, 0.6) is 17.2 Å². The number of imidazole rings is 1. The first kappa shape index (κ1) is 15.7. The molecule has 1 amide bonds. The summed E-state index contributed by atoms with van der Waals surface area (Å²) in [7, 11) is 1.61. The summed E-state index contributed by atoms with van der Waals surface area (Å²) in [6, 6.07) is 9.57. The predicted octanol–water partition coefficient (Wildman–Crippen LogP) is 2.56. The number of nitrogens with zero attached hydrogens (tertiary/aromatic N) is 2.